The summed E-state index contributed by atoms with van der Waals surface area (Å²) in [5, 5.41) is 0. The smallest absolute Gasteiger partial charge is 0.126 e. The van der Waals surface area contributed by atoms with Gasteiger partial charge >= 0.3 is 0 Å². The van der Waals surface area contributed by atoms with Crippen LogP contribution in [-0.4, -0.2) is 17.3 Å². The molecule has 1 aliphatic heterocycles. The lowest BCUT2D eigenvalue weighted by Crippen LogP contribution is -3.00. The maximum absolute atomic E-state index is 2.40. The third kappa shape index (κ3) is 4.76. The van der Waals surface area contributed by atoms with Gasteiger partial charge in [-0.3, -0.25) is 0 Å². The Morgan fingerprint density at radius 2 is 1.82 bits per heavy atom. The van der Waals surface area contributed by atoms with Gasteiger partial charge in [-0.1, -0.05) is 5.57 Å². The first-order chi connectivity index (χ1) is 4.79. The van der Waals surface area contributed by atoms with E-state index in [0.717, 1.165) is 10.9 Å². The molecule has 0 nitrogen and oxygen atoms in total. The topological polar surface area (TPSA) is 0 Å². The average molecular weight is 193 g/mol. The zero-order valence-corrected chi connectivity index (χ0v) is 8.97. The van der Waals surface area contributed by atoms with Gasteiger partial charge in [-0.15, -0.1) is 0 Å². The molecule has 0 aliphatic carbocycles. The number of rotatable bonds is 2. The lowest BCUT2D eigenvalue weighted by Gasteiger charge is -1.94. The van der Waals surface area contributed by atoms with Crippen LogP contribution in [0.25, 0.3) is 0 Å². The Hall–Kier alpha value is 0.380. The molecule has 1 saturated heterocycles. The van der Waals surface area contributed by atoms with Gasteiger partial charge in [0.15, 0.2) is 0 Å². The van der Waals surface area contributed by atoms with Crippen molar-refractivity contribution in [2.75, 3.05) is 17.3 Å². The van der Waals surface area contributed by atoms with Crippen LogP contribution in [0.1, 0.15) is 26.7 Å². The molecule has 0 N–H and O–H groups in total. The van der Waals surface area contributed by atoms with Crippen LogP contribution in [0.5, 0.6) is 0 Å². The van der Waals surface area contributed by atoms with Crippen molar-refractivity contribution in [3.8, 4) is 0 Å². The van der Waals surface area contributed by atoms with E-state index in [9.17, 15) is 0 Å². The van der Waals surface area contributed by atoms with E-state index in [-0.39, 0.29) is 12.4 Å². The maximum Gasteiger partial charge on any atom is 0.126 e. The van der Waals surface area contributed by atoms with E-state index in [4.69, 9.17) is 0 Å². The molecule has 0 saturated carbocycles. The standard InChI is InChI=1S/C9H17S.ClH/c1-9(2)5-8-10-6-3-4-7-10;/h5H,3-4,6-8H2,1-2H3;1H/q+1;/p-1. The molecule has 0 unspecified atom stereocenters. The van der Waals surface area contributed by atoms with Crippen LogP contribution >= 0.6 is 0 Å². The van der Waals surface area contributed by atoms with Crippen molar-refractivity contribution in [3.05, 3.63) is 11.6 Å². The summed E-state index contributed by atoms with van der Waals surface area (Å²) in [4.78, 5) is 0. The third-order valence-corrected chi connectivity index (χ3v) is 4.21. The maximum atomic E-state index is 2.40. The van der Waals surface area contributed by atoms with Crippen molar-refractivity contribution >= 4 is 10.9 Å². The largest absolute Gasteiger partial charge is 1.00 e. The van der Waals surface area contributed by atoms with Gasteiger partial charge in [0, 0.05) is 0 Å². The first-order valence-corrected chi connectivity index (χ1v) is 5.79. The Morgan fingerprint density at radius 3 is 2.27 bits per heavy atom. The van der Waals surface area contributed by atoms with Crippen molar-refractivity contribution in [3.63, 3.8) is 0 Å². The van der Waals surface area contributed by atoms with Crippen LogP contribution in [0.2, 0.25) is 0 Å². The number of allylic oxidation sites excluding steroid dienone is 1. The van der Waals surface area contributed by atoms with Crippen molar-refractivity contribution in [1.29, 1.82) is 0 Å². The molecule has 0 spiro atoms. The van der Waals surface area contributed by atoms with Crippen molar-refractivity contribution in [2.24, 2.45) is 0 Å². The number of hydrogen-bond acceptors (Lipinski definition) is 0. The van der Waals surface area contributed by atoms with E-state index in [2.05, 4.69) is 19.9 Å². The van der Waals surface area contributed by atoms with Gasteiger partial charge in [0.25, 0.3) is 0 Å². The second-order valence-electron chi connectivity index (χ2n) is 3.18. The second kappa shape index (κ2) is 5.96. The molecule has 1 aliphatic rings. The Kier molecular flexibility index (Phi) is 6.16. The molecule has 2 heteroatoms. The first kappa shape index (κ1) is 11.4. The van der Waals surface area contributed by atoms with Crippen LogP contribution in [-0.2, 0) is 10.9 Å². The molecule has 0 aromatic carbocycles. The highest BCUT2D eigenvalue weighted by Crippen LogP contribution is 2.13. The minimum Gasteiger partial charge on any atom is -1.00 e. The highest BCUT2D eigenvalue weighted by Gasteiger charge is 2.21. The highest BCUT2D eigenvalue weighted by atomic mass is 35.5. The zero-order chi connectivity index (χ0) is 7.40. The van der Waals surface area contributed by atoms with Crippen molar-refractivity contribution in [1.82, 2.24) is 0 Å². The van der Waals surface area contributed by atoms with Crippen LogP contribution < -0.4 is 12.4 Å². The summed E-state index contributed by atoms with van der Waals surface area (Å²) in [6.45, 7) is 4.39. The Bertz CT molecular complexity index is 122. The molecule has 0 aromatic rings. The van der Waals surface area contributed by atoms with Gasteiger partial charge in [-0.25, -0.2) is 0 Å². The van der Waals surface area contributed by atoms with Crippen molar-refractivity contribution < 1.29 is 12.4 Å². The van der Waals surface area contributed by atoms with Gasteiger partial charge in [0.2, 0.25) is 0 Å². The number of hydrogen-bond donors (Lipinski definition) is 0. The zero-order valence-electron chi connectivity index (χ0n) is 7.40. The fourth-order valence-corrected chi connectivity index (χ4v) is 3.50. The van der Waals surface area contributed by atoms with Crippen molar-refractivity contribution in [2.45, 2.75) is 26.7 Å². The number of halogens is 1. The normalized spacial score (nSPS) is 17.6. The molecule has 0 atom stereocenters. The van der Waals surface area contributed by atoms with E-state index in [1.807, 2.05) is 0 Å². The van der Waals surface area contributed by atoms with Crippen LogP contribution in [0.4, 0.5) is 0 Å². The fourth-order valence-electron chi connectivity index (χ4n) is 1.17. The van der Waals surface area contributed by atoms with Gasteiger partial charge < -0.3 is 12.4 Å². The fraction of sp³-hybridized carbons (Fsp3) is 0.778. The molecule has 1 fully saturated rings. The minimum atomic E-state index is 0. The molecule has 0 radical (unpaired) electrons. The SMILES string of the molecule is CC(C)=CC[S+]1CCCC1.[Cl-]. The molecule has 1 rings (SSSR count). The lowest BCUT2D eigenvalue weighted by molar-refractivity contribution is -0.00000228. The summed E-state index contributed by atoms with van der Waals surface area (Å²) in [6, 6.07) is 0. The molecule has 11 heavy (non-hydrogen) atoms. The molecule has 0 aromatic heterocycles. The van der Waals surface area contributed by atoms with Gasteiger partial charge in [-0.05, 0) is 43.7 Å². The highest BCUT2D eigenvalue weighted by molar-refractivity contribution is 7.97. The summed E-state index contributed by atoms with van der Waals surface area (Å²) in [6.07, 6.45) is 5.37. The minimum absolute atomic E-state index is 0. The predicted octanol–water partition coefficient (Wildman–Crippen LogP) is -0.631. The summed E-state index contributed by atoms with van der Waals surface area (Å²) in [5.74, 6) is 4.37. The van der Waals surface area contributed by atoms with E-state index >= 15 is 0 Å². The molecule has 0 bridgehead atoms. The quantitative estimate of drug-likeness (QED) is 0.404. The molecular weight excluding hydrogens is 176 g/mol. The Labute approximate surface area is 79.2 Å². The molecular formula is C9H17ClS. The summed E-state index contributed by atoms with van der Waals surface area (Å²) >= 11 is 0. The second-order valence-corrected chi connectivity index (χ2v) is 5.55. The van der Waals surface area contributed by atoms with Gasteiger partial charge in [-0.2, -0.15) is 0 Å². The van der Waals surface area contributed by atoms with Crippen LogP contribution in [0.15, 0.2) is 11.6 Å². The Morgan fingerprint density at radius 1 is 1.27 bits per heavy atom. The van der Waals surface area contributed by atoms with Crippen LogP contribution in [0, 0.1) is 0 Å². The Balaban J connectivity index is 0.000001000. The van der Waals surface area contributed by atoms with E-state index in [1.165, 1.54) is 35.7 Å². The van der Waals surface area contributed by atoms with E-state index in [0.29, 0.717) is 0 Å². The van der Waals surface area contributed by atoms with Gasteiger partial charge in [0.05, 0.1) is 0 Å². The van der Waals surface area contributed by atoms with Crippen LogP contribution in [0.3, 0.4) is 0 Å². The summed E-state index contributed by atoms with van der Waals surface area (Å²) in [7, 11) is 0.776. The average Bonchev–Trinajstić information content (AvgIpc) is 2.34. The monoisotopic (exact) mass is 192 g/mol. The van der Waals surface area contributed by atoms with E-state index in [1.54, 1.807) is 0 Å². The third-order valence-electron chi connectivity index (χ3n) is 1.84. The lowest BCUT2D eigenvalue weighted by atomic mass is 10.3. The first-order valence-electron chi connectivity index (χ1n) is 4.06. The molecule has 1 heterocycles. The summed E-state index contributed by atoms with van der Waals surface area (Å²) < 4.78 is 0. The van der Waals surface area contributed by atoms with Gasteiger partial charge in [0.1, 0.15) is 17.3 Å². The molecule has 66 valence electrons. The summed E-state index contributed by atoms with van der Waals surface area (Å²) in [5.41, 5.74) is 1.49. The van der Waals surface area contributed by atoms with E-state index < -0.39 is 0 Å². The molecule has 0 amide bonds. The predicted molar refractivity (Wildman–Crippen MR) is 50.6 cm³/mol.